The Labute approximate surface area is 133 Å². The largest absolute Gasteiger partial charge is 0.394 e. The fraction of sp³-hybridized carbons (Fsp3) is 0.286. The van der Waals surface area contributed by atoms with Crippen LogP contribution in [0, 0.1) is 0 Å². The summed E-state index contributed by atoms with van der Waals surface area (Å²) in [6, 6.07) is 7.89. The Morgan fingerprint density at radius 1 is 0.952 bits per heavy atom. The average molecular weight is 324 g/mol. The van der Waals surface area contributed by atoms with Gasteiger partial charge in [-0.3, -0.25) is 0 Å². The maximum absolute atomic E-state index is 5.93. The predicted molar refractivity (Wildman–Crippen MR) is 87.3 cm³/mol. The van der Waals surface area contributed by atoms with E-state index in [1.165, 1.54) is 5.69 Å². The number of benzene rings is 1. The number of halogens is 2. The normalized spacial score (nSPS) is 15.3. The predicted octanol–water partition coefficient (Wildman–Crippen LogP) is 2.69. The quantitative estimate of drug-likeness (QED) is 0.861. The Balaban J connectivity index is 1.70. The molecule has 110 valence electrons. The van der Waals surface area contributed by atoms with E-state index in [4.69, 9.17) is 28.9 Å². The highest BCUT2D eigenvalue weighted by Gasteiger charge is 2.20. The average Bonchev–Trinajstić information content (AvgIpc) is 2.51. The van der Waals surface area contributed by atoms with Crippen LogP contribution in [-0.4, -0.2) is 36.1 Å². The third kappa shape index (κ3) is 3.14. The van der Waals surface area contributed by atoms with Gasteiger partial charge in [0, 0.05) is 36.9 Å². The van der Waals surface area contributed by atoms with Crippen molar-refractivity contribution in [2.24, 2.45) is 0 Å². The van der Waals surface area contributed by atoms with E-state index in [1.54, 1.807) is 6.20 Å². The molecular weight excluding hydrogens is 309 g/mol. The maximum Gasteiger partial charge on any atom is 0.224 e. The van der Waals surface area contributed by atoms with Crippen molar-refractivity contribution in [3.05, 3.63) is 40.8 Å². The van der Waals surface area contributed by atoms with E-state index < -0.39 is 0 Å². The van der Waals surface area contributed by atoms with Crippen LogP contribution in [0.1, 0.15) is 0 Å². The SMILES string of the molecule is Nc1cnc(Cl)nc1N1CCN(c2ccc(Cl)cc2)CC1. The fourth-order valence-electron chi connectivity index (χ4n) is 2.44. The van der Waals surface area contributed by atoms with E-state index in [9.17, 15) is 0 Å². The molecule has 0 saturated carbocycles. The Morgan fingerprint density at radius 2 is 1.57 bits per heavy atom. The molecule has 2 N–H and O–H groups in total. The molecule has 1 aromatic heterocycles. The summed E-state index contributed by atoms with van der Waals surface area (Å²) in [5.41, 5.74) is 7.66. The summed E-state index contributed by atoms with van der Waals surface area (Å²) >= 11 is 11.8. The summed E-state index contributed by atoms with van der Waals surface area (Å²) in [6.07, 6.45) is 1.55. The number of nitrogens with zero attached hydrogens (tertiary/aromatic N) is 4. The first-order valence-electron chi connectivity index (χ1n) is 6.67. The lowest BCUT2D eigenvalue weighted by Gasteiger charge is -2.37. The van der Waals surface area contributed by atoms with E-state index >= 15 is 0 Å². The van der Waals surface area contributed by atoms with Gasteiger partial charge in [-0.25, -0.2) is 4.98 Å². The smallest absolute Gasteiger partial charge is 0.224 e. The highest BCUT2D eigenvalue weighted by atomic mass is 35.5. The van der Waals surface area contributed by atoms with Gasteiger partial charge < -0.3 is 15.5 Å². The molecule has 0 atom stereocenters. The van der Waals surface area contributed by atoms with Crippen molar-refractivity contribution < 1.29 is 0 Å². The van der Waals surface area contributed by atoms with Crippen molar-refractivity contribution in [1.82, 2.24) is 9.97 Å². The van der Waals surface area contributed by atoms with E-state index in [2.05, 4.69) is 19.8 Å². The zero-order valence-corrected chi connectivity index (χ0v) is 12.8. The first-order valence-corrected chi connectivity index (χ1v) is 7.42. The Kier molecular flexibility index (Phi) is 4.03. The van der Waals surface area contributed by atoms with E-state index in [-0.39, 0.29) is 5.28 Å². The van der Waals surface area contributed by atoms with Crippen molar-refractivity contribution in [3.63, 3.8) is 0 Å². The summed E-state index contributed by atoms with van der Waals surface area (Å²) in [7, 11) is 0. The molecule has 0 spiro atoms. The molecule has 3 rings (SSSR count). The molecular formula is C14H15Cl2N5. The molecule has 5 nitrogen and oxygen atoms in total. The molecule has 0 amide bonds. The number of piperazine rings is 1. The van der Waals surface area contributed by atoms with Gasteiger partial charge in [-0.05, 0) is 35.9 Å². The number of aromatic nitrogens is 2. The van der Waals surface area contributed by atoms with Gasteiger partial charge in [0.05, 0.1) is 11.9 Å². The monoisotopic (exact) mass is 323 g/mol. The molecule has 1 aliphatic rings. The lowest BCUT2D eigenvalue weighted by Crippen LogP contribution is -2.47. The molecule has 2 aromatic rings. The first kappa shape index (κ1) is 14.2. The summed E-state index contributed by atoms with van der Waals surface area (Å²) in [4.78, 5) is 12.6. The van der Waals surface area contributed by atoms with E-state index in [1.807, 2.05) is 24.3 Å². The molecule has 0 unspecified atom stereocenters. The van der Waals surface area contributed by atoms with Crippen LogP contribution in [0.3, 0.4) is 0 Å². The molecule has 0 radical (unpaired) electrons. The summed E-state index contributed by atoms with van der Waals surface area (Å²) in [5, 5.41) is 0.972. The Morgan fingerprint density at radius 3 is 2.24 bits per heavy atom. The van der Waals surface area contributed by atoms with E-state index in [0.717, 1.165) is 31.2 Å². The molecule has 1 aromatic carbocycles. The van der Waals surface area contributed by atoms with Gasteiger partial charge in [-0.15, -0.1) is 0 Å². The van der Waals surface area contributed by atoms with Crippen LogP contribution in [0.4, 0.5) is 17.2 Å². The van der Waals surface area contributed by atoms with Crippen LogP contribution < -0.4 is 15.5 Å². The molecule has 1 saturated heterocycles. The first-order chi connectivity index (χ1) is 10.1. The van der Waals surface area contributed by atoms with Crippen LogP contribution in [0.5, 0.6) is 0 Å². The molecule has 0 bridgehead atoms. The van der Waals surface area contributed by atoms with Gasteiger partial charge in [-0.1, -0.05) is 11.6 Å². The number of rotatable bonds is 2. The zero-order valence-electron chi connectivity index (χ0n) is 11.3. The van der Waals surface area contributed by atoms with Crippen molar-refractivity contribution in [2.45, 2.75) is 0 Å². The highest BCUT2D eigenvalue weighted by molar-refractivity contribution is 6.30. The van der Waals surface area contributed by atoms with Crippen molar-refractivity contribution in [3.8, 4) is 0 Å². The molecule has 1 fully saturated rings. The fourth-order valence-corrected chi connectivity index (χ4v) is 2.70. The number of nitrogen functional groups attached to an aromatic ring is 1. The number of nitrogens with two attached hydrogens (primary N) is 1. The van der Waals surface area contributed by atoms with Crippen molar-refractivity contribution >= 4 is 40.4 Å². The van der Waals surface area contributed by atoms with Gasteiger partial charge in [-0.2, -0.15) is 4.98 Å². The third-order valence-electron chi connectivity index (χ3n) is 3.54. The van der Waals surface area contributed by atoms with Crippen molar-refractivity contribution in [1.29, 1.82) is 0 Å². The van der Waals surface area contributed by atoms with Crippen LogP contribution in [0.2, 0.25) is 10.3 Å². The second-order valence-corrected chi connectivity index (χ2v) is 5.64. The van der Waals surface area contributed by atoms with Gasteiger partial charge in [0.1, 0.15) is 0 Å². The van der Waals surface area contributed by atoms with Crippen molar-refractivity contribution in [2.75, 3.05) is 41.7 Å². The molecule has 7 heteroatoms. The second-order valence-electron chi connectivity index (χ2n) is 4.87. The molecule has 2 heterocycles. The summed E-state index contributed by atoms with van der Waals surface area (Å²) in [6.45, 7) is 3.45. The molecule has 21 heavy (non-hydrogen) atoms. The second kappa shape index (κ2) is 5.95. The van der Waals surface area contributed by atoms with E-state index in [0.29, 0.717) is 11.5 Å². The minimum atomic E-state index is 0.222. The number of hydrogen-bond acceptors (Lipinski definition) is 5. The van der Waals surface area contributed by atoms with Crippen LogP contribution in [0.25, 0.3) is 0 Å². The van der Waals surface area contributed by atoms with Crippen LogP contribution in [-0.2, 0) is 0 Å². The third-order valence-corrected chi connectivity index (χ3v) is 3.97. The lowest BCUT2D eigenvalue weighted by atomic mass is 10.2. The minimum Gasteiger partial charge on any atom is -0.394 e. The Bertz CT molecular complexity index is 624. The maximum atomic E-state index is 5.93. The Hall–Kier alpha value is -1.72. The summed E-state index contributed by atoms with van der Waals surface area (Å²) < 4.78 is 0. The standard InChI is InChI=1S/C14H15Cl2N5/c15-10-1-3-11(4-2-10)20-5-7-21(8-6-20)13-12(17)9-18-14(16)19-13/h1-4,9H,5-8,17H2. The number of hydrogen-bond donors (Lipinski definition) is 1. The summed E-state index contributed by atoms with van der Waals surface area (Å²) in [5.74, 6) is 0.714. The van der Waals surface area contributed by atoms with Gasteiger partial charge >= 0.3 is 0 Å². The topological polar surface area (TPSA) is 58.3 Å². The van der Waals surface area contributed by atoms with Crippen LogP contribution >= 0.6 is 23.2 Å². The zero-order chi connectivity index (χ0) is 14.8. The lowest BCUT2D eigenvalue weighted by molar-refractivity contribution is 0.647. The van der Waals surface area contributed by atoms with Crippen LogP contribution in [0.15, 0.2) is 30.5 Å². The highest BCUT2D eigenvalue weighted by Crippen LogP contribution is 2.24. The van der Waals surface area contributed by atoms with Gasteiger partial charge in [0.25, 0.3) is 0 Å². The molecule has 0 aliphatic carbocycles. The van der Waals surface area contributed by atoms with Gasteiger partial charge in [0.15, 0.2) is 5.82 Å². The number of anilines is 3. The van der Waals surface area contributed by atoms with Gasteiger partial charge in [0.2, 0.25) is 5.28 Å². The molecule has 1 aliphatic heterocycles. The minimum absolute atomic E-state index is 0.222.